The van der Waals surface area contributed by atoms with Crippen LogP contribution in [0.2, 0.25) is 0 Å². The summed E-state index contributed by atoms with van der Waals surface area (Å²) in [4.78, 5) is 30.6. The minimum atomic E-state index is -1.05. The Labute approximate surface area is 266 Å². The first-order valence-corrected chi connectivity index (χ1v) is 14.3. The zero-order valence-electron chi connectivity index (χ0n) is 24.5. The molecule has 0 saturated carbocycles. The first-order valence-electron chi connectivity index (χ1n) is 13.3. The minimum absolute atomic E-state index is 0. The van der Waals surface area contributed by atoms with Crippen molar-refractivity contribution in [1.29, 1.82) is 0 Å². The van der Waals surface area contributed by atoms with Crippen molar-refractivity contribution in [2.45, 2.75) is 65.1 Å². The number of ether oxygens (including phenoxy) is 1. The van der Waals surface area contributed by atoms with Crippen LogP contribution >= 0.6 is 48.0 Å². The van der Waals surface area contributed by atoms with Gasteiger partial charge in [0.15, 0.2) is 0 Å². The number of nitrogens with one attached hydrogen (secondary N) is 1. The van der Waals surface area contributed by atoms with Gasteiger partial charge in [-0.05, 0) is 50.8 Å². The molecule has 41 heavy (non-hydrogen) atoms. The molecule has 0 radical (unpaired) electrons. The molecule has 5 N–H and O–H groups in total. The van der Waals surface area contributed by atoms with E-state index in [4.69, 9.17) is 43.8 Å². The smallest absolute Gasteiger partial charge is 0.326 e. The van der Waals surface area contributed by atoms with Gasteiger partial charge in [-0.15, -0.1) is 48.0 Å². The summed E-state index contributed by atoms with van der Waals surface area (Å²) in [6.07, 6.45) is 1.44. The predicted molar refractivity (Wildman–Crippen MR) is 172 cm³/mol. The van der Waals surface area contributed by atoms with E-state index in [1.807, 2.05) is 57.5 Å². The second-order valence-electron chi connectivity index (χ2n) is 9.94. The maximum atomic E-state index is 12.4. The molecular formula is C27H47Cl4N5O5. The van der Waals surface area contributed by atoms with Crippen LogP contribution in [0.4, 0.5) is 5.69 Å². The molecule has 2 aromatic rings. The van der Waals surface area contributed by atoms with Crippen molar-refractivity contribution >= 4 is 76.6 Å². The number of nitrogens with two attached hydrogens (primary N) is 1. The highest BCUT2D eigenvalue weighted by atomic mass is 35.5. The lowest BCUT2D eigenvalue weighted by Crippen LogP contribution is -2.49. The molecule has 0 fully saturated rings. The molecule has 14 heteroatoms. The normalized spacial score (nSPS) is 12.2. The molecule has 1 aromatic carbocycles. The summed E-state index contributed by atoms with van der Waals surface area (Å²) in [6.45, 7) is 9.66. The van der Waals surface area contributed by atoms with E-state index in [0.717, 1.165) is 22.5 Å². The quantitative estimate of drug-likeness (QED) is 0.198. The third-order valence-electron chi connectivity index (χ3n) is 5.91. The third-order valence-corrected chi connectivity index (χ3v) is 6.25. The number of aliphatic hydroxyl groups excluding tert-OH is 1. The van der Waals surface area contributed by atoms with Crippen LogP contribution < -0.4 is 16.0 Å². The Kier molecular flexibility index (Phi) is 22.4. The van der Waals surface area contributed by atoms with E-state index in [-0.39, 0.29) is 43.4 Å². The number of carbonyl (C=O) groups excluding carboxylic acids is 1. The molecule has 2 rings (SSSR count). The first-order chi connectivity index (χ1) is 18.4. The number of hydrogen-bond acceptors (Lipinski definition) is 7. The van der Waals surface area contributed by atoms with Crippen LogP contribution in [0.5, 0.6) is 0 Å². The van der Waals surface area contributed by atoms with Crippen LogP contribution in [0.15, 0.2) is 18.2 Å². The van der Waals surface area contributed by atoms with Crippen molar-refractivity contribution in [3.05, 3.63) is 24.0 Å². The van der Waals surface area contributed by atoms with Gasteiger partial charge in [0.05, 0.1) is 36.4 Å². The Morgan fingerprint density at radius 1 is 1.15 bits per heavy atom. The number of amides is 1. The maximum absolute atomic E-state index is 12.4. The summed E-state index contributed by atoms with van der Waals surface area (Å²) in [5, 5.41) is 20.1. The van der Waals surface area contributed by atoms with Gasteiger partial charge >= 0.3 is 5.97 Å². The van der Waals surface area contributed by atoms with Gasteiger partial charge < -0.3 is 35.5 Å². The van der Waals surface area contributed by atoms with E-state index in [0.29, 0.717) is 50.7 Å². The number of aryl methyl sites for hydroxylation is 2. The van der Waals surface area contributed by atoms with Gasteiger partial charge in [0, 0.05) is 44.0 Å². The number of halogens is 4. The molecule has 0 aliphatic heterocycles. The van der Waals surface area contributed by atoms with Crippen molar-refractivity contribution in [2.75, 3.05) is 43.0 Å². The molecule has 1 amide bonds. The van der Waals surface area contributed by atoms with E-state index in [1.165, 1.54) is 0 Å². The van der Waals surface area contributed by atoms with Crippen LogP contribution in [-0.4, -0.2) is 87.9 Å². The number of aliphatic carboxylic acids is 1. The van der Waals surface area contributed by atoms with Crippen molar-refractivity contribution < 1.29 is 24.5 Å². The van der Waals surface area contributed by atoms with Crippen molar-refractivity contribution in [2.24, 2.45) is 18.7 Å². The van der Waals surface area contributed by atoms with Gasteiger partial charge in [0.1, 0.15) is 11.9 Å². The minimum Gasteiger partial charge on any atom is -0.480 e. The van der Waals surface area contributed by atoms with Gasteiger partial charge in [-0.3, -0.25) is 4.79 Å². The Balaban J connectivity index is 0. The number of benzene rings is 1. The number of anilines is 1. The molecule has 2 atom stereocenters. The number of imidazole rings is 1. The standard InChI is InChI=1S/C22H33Cl2N5O3.C5H12O2.2ClH/c1-14(2)12-18(22(31)32)27-21(30)16(25)5-7-20-26-17-13-15(4-6-19(17)28(20)3)29(10-8-23)11-9-24;1-5(2)7-4-3-6;;/h4,6,13-14,16,18H,5,7-12,25H2,1-3H3,(H,27,30)(H,31,32);5-6H,3-4H2,1-2H3;2*1H. The van der Waals surface area contributed by atoms with Crippen LogP contribution in [-0.2, 0) is 27.8 Å². The fourth-order valence-corrected chi connectivity index (χ4v) is 4.32. The monoisotopic (exact) mass is 661 g/mol. The Bertz CT molecular complexity index is 1020. The van der Waals surface area contributed by atoms with Gasteiger partial charge in [-0.25, -0.2) is 9.78 Å². The molecule has 0 aliphatic carbocycles. The summed E-state index contributed by atoms with van der Waals surface area (Å²) in [5.74, 6) is 0.436. The maximum Gasteiger partial charge on any atom is 0.326 e. The largest absolute Gasteiger partial charge is 0.480 e. The number of hydrogen-bond donors (Lipinski definition) is 4. The van der Waals surface area contributed by atoms with Crippen LogP contribution in [0.3, 0.4) is 0 Å². The Hall–Kier alpha value is -1.53. The number of carboxylic acid groups (broad SMARTS) is 1. The topological polar surface area (TPSA) is 143 Å². The highest BCUT2D eigenvalue weighted by Crippen LogP contribution is 2.23. The summed E-state index contributed by atoms with van der Waals surface area (Å²) in [5.41, 5.74) is 8.87. The number of carbonyl (C=O) groups is 2. The second kappa shape index (κ2) is 22.1. The lowest BCUT2D eigenvalue weighted by atomic mass is 10.0. The zero-order chi connectivity index (χ0) is 29.5. The number of carboxylic acids is 1. The highest BCUT2D eigenvalue weighted by Gasteiger charge is 2.24. The highest BCUT2D eigenvalue weighted by molar-refractivity contribution is 6.18. The zero-order valence-corrected chi connectivity index (χ0v) is 27.7. The SMILES string of the molecule is CC(C)CC(NC(=O)C(N)CCc1nc2cc(N(CCCl)CCCl)ccc2n1C)C(=O)O.CC(C)OCCO.Cl.Cl. The molecule has 0 saturated heterocycles. The Morgan fingerprint density at radius 2 is 1.76 bits per heavy atom. The van der Waals surface area contributed by atoms with E-state index in [9.17, 15) is 14.7 Å². The first kappa shape index (κ1) is 41.6. The number of aliphatic hydroxyl groups is 1. The van der Waals surface area contributed by atoms with E-state index in [2.05, 4.69) is 10.2 Å². The average Bonchev–Trinajstić information content (AvgIpc) is 3.19. The molecule has 10 nitrogen and oxygen atoms in total. The third kappa shape index (κ3) is 15.0. The van der Waals surface area contributed by atoms with Gasteiger partial charge in [0.2, 0.25) is 5.91 Å². The molecule has 238 valence electrons. The van der Waals surface area contributed by atoms with Crippen LogP contribution in [0.1, 0.15) is 46.4 Å². The molecule has 1 heterocycles. The predicted octanol–water partition coefficient (Wildman–Crippen LogP) is 3.98. The van der Waals surface area contributed by atoms with Crippen LogP contribution in [0.25, 0.3) is 11.0 Å². The lowest BCUT2D eigenvalue weighted by molar-refractivity contribution is -0.142. The number of nitrogens with zero attached hydrogens (tertiary/aromatic N) is 3. The van der Waals surface area contributed by atoms with Gasteiger partial charge in [-0.1, -0.05) is 13.8 Å². The molecule has 2 unspecified atom stereocenters. The van der Waals surface area contributed by atoms with Crippen molar-refractivity contribution in [3.8, 4) is 0 Å². The molecule has 1 aromatic heterocycles. The average molecular weight is 664 g/mol. The fourth-order valence-electron chi connectivity index (χ4n) is 3.91. The molecular weight excluding hydrogens is 616 g/mol. The summed E-state index contributed by atoms with van der Waals surface area (Å²) >= 11 is 11.8. The van der Waals surface area contributed by atoms with Gasteiger partial charge in [-0.2, -0.15) is 0 Å². The lowest BCUT2D eigenvalue weighted by Gasteiger charge is -2.22. The Morgan fingerprint density at radius 3 is 2.22 bits per heavy atom. The van der Waals surface area contributed by atoms with Crippen molar-refractivity contribution in [1.82, 2.24) is 14.9 Å². The summed E-state index contributed by atoms with van der Waals surface area (Å²) in [6, 6.07) is 4.28. The number of rotatable bonds is 16. The number of aromatic nitrogens is 2. The number of alkyl halides is 2. The molecule has 0 bridgehead atoms. The summed E-state index contributed by atoms with van der Waals surface area (Å²) < 4.78 is 6.92. The van der Waals surface area contributed by atoms with Gasteiger partial charge in [0.25, 0.3) is 0 Å². The molecule has 0 aliphatic rings. The fraction of sp³-hybridized carbons (Fsp3) is 0.667. The van der Waals surface area contributed by atoms with E-state index < -0.39 is 24.0 Å². The second-order valence-corrected chi connectivity index (χ2v) is 10.7. The number of fused-ring (bicyclic) bond motifs is 1. The summed E-state index contributed by atoms with van der Waals surface area (Å²) in [7, 11) is 1.92. The van der Waals surface area contributed by atoms with Crippen molar-refractivity contribution in [3.63, 3.8) is 0 Å². The van der Waals surface area contributed by atoms with E-state index in [1.54, 1.807) is 0 Å². The molecule has 0 spiro atoms. The van der Waals surface area contributed by atoms with Crippen LogP contribution in [0, 0.1) is 5.92 Å². The van der Waals surface area contributed by atoms with E-state index >= 15 is 0 Å².